The third kappa shape index (κ3) is 4.38. The number of hydrogen-bond acceptors (Lipinski definition) is 5. The lowest BCUT2D eigenvalue weighted by Gasteiger charge is -2.48. The number of thioether (sulfide) groups is 1. The van der Waals surface area contributed by atoms with E-state index in [1.165, 1.54) is 6.42 Å². The van der Waals surface area contributed by atoms with Gasteiger partial charge in [0.1, 0.15) is 5.54 Å². The number of primary amides is 1. The molecule has 0 radical (unpaired) electrons. The van der Waals surface area contributed by atoms with Crippen LogP contribution in [0.5, 0.6) is 0 Å². The first kappa shape index (κ1) is 18.1. The number of rotatable bonds is 6. The van der Waals surface area contributed by atoms with Crippen molar-refractivity contribution >= 4 is 29.5 Å². The monoisotopic (exact) mass is 343 g/mol. The fourth-order valence-electron chi connectivity index (χ4n) is 3.48. The highest BCUT2D eigenvalue weighted by Gasteiger charge is 2.45. The van der Waals surface area contributed by atoms with Crippen molar-refractivity contribution in [2.75, 3.05) is 37.7 Å². The Hall–Kier alpha value is -1.28. The number of hydrogen-bond donors (Lipinski definition) is 2. The van der Waals surface area contributed by atoms with E-state index in [4.69, 9.17) is 10.8 Å². The quantitative estimate of drug-likeness (QED) is 0.711. The van der Waals surface area contributed by atoms with Gasteiger partial charge in [-0.25, -0.2) is 0 Å². The van der Waals surface area contributed by atoms with Crippen molar-refractivity contribution in [3.63, 3.8) is 0 Å². The molecule has 0 atom stereocenters. The Morgan fingerprint density at radius 1 is 1.00 bits per heavy atom. The Labute approximate surface area is 140 Å². The summed E-state index contributed by atoms with van der Waals surface area (Å²) in [7, 11) is 0. The summed E-state index contributed by atoms with van der Waals surface area (Å²) in [5, 5.41) is 8.61. The molecule has 8 heteroatoms. The number of nitrogens with zero attached hydrogens (tertiary/aromatic N) is 2. The second-order valence-electron chi connectivity index (χ2n) is 6.21. The zero-order valence-electron chi connectivity index (χ0n) is 13.3. The van der Waals surface area contributed by atoms with E-state index >= 15 is 0 Å². The maximum atomic E-state index is 12.1. The van der Waals surface area contributed by atoms with Crippen molar-refractivity contribution in [2.45, 2.75) is 37.6 Å². The Bertz CT molecular complexity index is 458. The van der Waals surface area contributed by atoms with Crippen LogP contribution in [0.25, 0.3) is 0 Å². The number of likely N-dealkylation sites (tertiary alicyclic amines) is 2. The van der Waals surface area contributed by atoms with E-state index < -0.39 is 11.5 Å². The Morgan fingerprint density at radius 3 is 2.13 bits per heavy atom. The van der Waals surface area contributed by atoms with Gasteiger partial charge in [-0.2, -0.15) is 0 Å². The van der Waals surface area contributed by atoms with Crippen LogP contribution in [-0.4, -0.2) is 75.9 Å². The van der Waals surface area contributed by atoms with Gasteiger partial charge >= 0.3 is 5.97 Å². The summed E-state index contributed by atoms with van der Waals surface area (Å²) in [6, 6.07) is 0. The number of carboxylic acids is 1. The molecule has 3 N–H and O–H groups in total. The average Bonchev–Trinajstić information content (AvgIpc) is 2.55. The largest absolute Gasteiger partial charge is 0.481 e. The summed E-state index contributed by atoms with van der Waals surface area (Å²) in [4.78, 5) is 38.6. The number of piperidine rings is 2. The highest BCUT2D eigenvalue weighted by atomic mass is 32.2. The molecule has 2 aliphatic heterocycles. The van der Waals surface area contributed by atoms with E-state index in [2.05, 4.69) is 4.90 Å². The molecule has 0 bridgehead atoms. The molecule has 2 aliphatic rings. The zero-order chi connectivity index (χ0) is 16.9. The molecule has 2 saturated heterocycles. The van der Waals surface area contributed by atoms with Gasteiger partial charge in [-0.05, 0) is 38.8 Å². The van der Waals surface area contributed by atoms with E-state index in [9.17, 15) is 14.4 Å². The maximum Gasteiger partial charge on any atom is 0.313 e. The lowest BCUT2D eigenvalue weighted by atomic mass is 9.83. The average molecular weight is 343 g/mol. The van der Waals surface area contributed by atoms with Gasteiger partial charge in [0, 0.05) is 13.1 Å². The minimum atomic E-state index is -0.917. The van der Waals surface area contributed by atoms with Crippen molar-refractivity contribution in [2.24, 2.45) is 5.73 Å². The molecular formula is C15H25N3O4S. The zero-order valence-corrected chi connectivity index (χ0v) is 14.1. The van der Waals surface area contributed by atoms with Gasteiger partial charge in [0.05, 0.1) is 11.5 Å². The number of nitrogens with two attached hydrogens (primary N) is 1. The Morgan fingerprint density at radius 2 is 1.61 bits per heavy atom. The Kier molecular flexibility index (Phi) is 6.29. The van der Waals surface area contributed by atoms with Gasteiger partial charge < -0.3 is 15.7 Å². The highest BCUT2D eigenvalue weighted by Crippen LogP contribution is 2.31. The highest BCUT2D eigenvalue weighted by molar-refractivity contribution is 8.00. The van der Waals surface area contributed by atoms with Gasteiger partial charge in [-0.1, -0.05) is 6.42 Å². The molecule has 2 amide bonds. The lowest BCUT2D eigenvalue weighted by molar-refractivity contribution is -0.140. The fourth-order valence-corrected chi connectivity index (χ4v) is 4.12. The molecule has 2 heterocycles. The number of carbonyl (C=O) groups is 3. The SMILES string of the molecule is NC(=O)C1(N2CCCCC2)CCN(C(=O)CSCC(=O)O)CC1. The summed E-state index contributed by atoms with van der Waals surface area (Å²) in [5.74, 6) is -1.17. The van der Waals surface area contributed by atoms with E-state index in [1.807, 2.05) is 0 Å². The summed E-state index contributed by atoms with van der Waals surface area (Å²) >= 11 is 1.10. The lowest BCUT2D eigenvalue weighted by Crippen LogP contribution is -2.63. The molecule has 0 aromatic heterocycles. The topological polar surface area (TPSA) is 104 Å². The molecular weight excluding hydrogens is 318 g/mol. The van der Waals surface area contributed by atoms with Crippen LogP contribution in [0.1, 0.15) is 32.1 Å². The van der Waals surface area contributed by atoms with E-state index in [0.29, 0.717) is 25.9 Å². The molecule has 0 saturated carbocycles. The van der Waals surface area contributed by atoms with Crippen LogP contribution in [-0.2, 0) is 14.4 Å². The van der Waals surface area contributed by atoms with Crippen LogP contribution in [0.4, 0.5) is 0 Å². The molecule has 0 aliphatic carbocycles. The molecule has 0 aromatic rings. The first-order chi connectivity index (χ1) is 11.0. The smallest absolute Gasteiger partial charge is 0.313 e. The van der Waals surface area contributed by atoms with Gasteiger partial charge in [-0.3, -0.25) is 19.3 Å². The van der Waals surface area contributed by atoms with E-state index in [-0.39, 0.29) is 23.3 Å². The van der Waals surface area contributed by atoms with Crippen LogP contribution < -0.4 is 5.73 Å². The molecule has 7 nitrogen and oxygen atoms in total. The molecule has 23 heavy (non-hydrogen) atoms. The normalized spacial score (nSPS) is 21.8. The second-order valence-corrected chi connectivity index (χ2v) is 7.20. The summed E-state index contributed by atoms with van der Waals surface area (Å²) in [5.41, 5.74) is 5.10. The number of amides is 2. The third-order valence-electron chi connectivity index (χ3n) is 4.81. The van der Waals surface area contributed by atoms with E-state index in [1.54, 1.807) is 4.90 Å². The van der Waals surface area contributed by atoms with Gasteiger partial charge in [-0.15, -0.1) is 11.8 Å². The molecule has 0 spiro atoms. The summed E-state index contributed by atoms with van der Waals surface area (Å²) < 4.78 is 0. The maximum absolute atomic E-state index is 12.1. The van der Waals surface area contributed by atoms with Gasteiger partial charge in [0.25, 0.3) is 0 Å². The van der Waals surface area contributed by atoms with Crippen molar-refractivity contribution < 1.29 is 19.5 Å². The predicted octanol–water partition coefficient (Wildman–Crippen LogP) is 0.137. The van der Waals surface area contributed by atoms with Crippen LogP contribution in [0.2, 0.25) is 0 Å². The number of aliphatic carboxylic acids is 1. The third-order valence-corrected chi connectivity index (χ3v) is 5.72. The molecule has 0 aromatic carbocycles. The molecule has 130 valence electrons. The molecule has 2 fully saturated rings. The second kappa shape index (κ2) is 8.01. The minimum Gasteiger partial charge on any atom is -0.481 e. The molecule has 2 rings (SSSR count). The minimum absolute atomic E-state index is 0.0621. The fraction of sp³-hybridized carbons (Fsp3) is 0.800. The van der Waals surface area contributed by atoms with Gasteiger partial charge in [0.15, 0.2) is 0 Å². The van der Waals surface area contributed by atoms with Crippen molar-refractivity contribution in [3.8, 4) is 0 Å². The summed E-state index contributed by atoms with van der Waals surface area (Å²) in [6.07, 6.45) is 4.50. The van der Waals surface area contributed by atoms with Crippen LogP contribution in [0.15, 0.2) is 0 Å². The number of carboxylic acid groups (broad SMARTS) is 1. The predicted molar refractivity (Wildman–Crippen MR) is 88.1 cm³/mol. The van der Waals surface area contributed by atoms with Gasteiger partial charge in [0.2, 0.25) is 11.8 Å². The molecule has 0 unspecified atom stereocenters. The standard InChI is InChI=1S/C15H25N3O4S/c16-14(22)15(18-6-2-1-3-7-18)4-8-17(9-5-15)12(19)10-23-11-13(20)21/h1-11H2,(H2,16,22)(H,20,21). The van der Waals surface area contributed by atoms with Crippen LogP contribution >= 0.6 is 11.8 Å². The van der Waals surface area contributed by atoms with Crippen molar-refractivity contribution in [1.82, 2.24) is 9.80 Å². The first-order valence-electron chi connectivity index (χ1n) is 8.08. The first-order valence-corrected chi connectivity index (χ1v) is 9.23. The van der Waals surface area contributed by atoms with Crippen LogP contribution in [0, 0.1) is 0 Å². The number of carbonyl (C=O) groups excluding carboxylic acids is 2. The van der Waals surface area contributed by atoms with E-state index in [0.717, 1.165) is 37.7 Å². The van der Waals surface area contributed by atoms with Crippen LogP contribution in [0.3, 0.4) is 0 Å². The van der Waals surface area contributed by atoms with Crippen molar-refractivity contribution in [3.05, 3.63) is 0 Å². The summed E-state index contributed by atoms with van der Waals surface area (Å²) in [6.45, 7) is 2.80. The Balaban J connectivity index is 1.90. The van der Waals surface area contributed by atoms with Crippen molar-refractivity contribution in [1.29, 1.82) is 0 Å².